The molecule has 2 aromatic carbocycles. The van der Waals surface area contributed by atoms with Gasteiger partial charge < -0.3 is 15.0 Å². The zero-order valence-corrected chi connectivity index (χ0v) is 18.3. The van der Waals surface area contributed by atoms with E-state index in [1.807, 2.05) is 12.1 Å². The number of pyridine rings is 1. The molecular formula is C25H27FN4O2. The third-order valence-corrected chi connectivity index (χ3v) is 5.45. The van der Waals surface area contributed by atoms with Crippen molar-refractivity contribution >= 4 is 11.6 Å². The Labute approximate surface area is 187 Å². The van der Waals surface area contributed by atoms with Crippen molar-refractivity contribution in [3.63, 3.8) is 0 Å². The van der Waals surface area contributed by atoms with Gasteiger partial charge in [0, 0.05) is 57.1 Å². The molecule has 0 aliphatic carbocycles. The maximum Gasteiger partial charge on any atom is 0.276 e. The van der Waals surface area contributed by atoms with Gasteiger partial charge in [0.1, 0.15) is 17.3 Å². The molecule has 1 aromatic heterocycles. The molecule has 1 saturated heterocycles. The highest BCUT2D eigenvalue weighted by molar-refractivity contribution is 6.04. The Bertz CT molecular complexity index is 1070. The van der Waals surface area contributed by atoms with E-state index in [4.69, 9.17) is 4.74 Å². The summed E-state index contributed by atoms with van der Waals surface area (Å²) in [5.41, 5.74) is 2.25. The molecule has 4 rings (SSSR count). The minimum Gasteiger partial charge on any atom is -0.439 e. The number of nitrogens with one attached hydrogen (secondary N) is 1. The Morgan fingerprint density at radius 1 is 1.19 bits per heavy atom. The van der Waals surface area contributed by atoms with Gasteiger partial charge >= 0.3 is 0 Å². The van der Waals surface area contributed by atoms with Crippen LogP contribution >= 0.6 is 0 Å². The fourth-order valence-electron chi connectivity index (χ4n) is 3.77. The van der Waals surface area contributed by atoms with Crippen molar-refractivity contribution in [1.29, 1.82) is 0 Å². The normalized spacial score (nSPS) is 16.5. The Kier molecular flexibility index (Phi) is 6.78. The smallest absolute Gasteiger partial charge is 0.276 e. The van der Waals surface area contributed by atoms with E-state index in [0.29, 0.717) is 11.8 Å². The molecule has 1 amide bonds. The van der Waals surface area contributed by atoms with Gasteiger partial charge in [0.25, 0.3) is 5.91 Å². The molecule has 0 saturated carbocycles. The maximum atomic E-state index is 13.4. The largest absolute Gasteiger partial charge is 0.439 e. The summed E-state index contributed by atoms with van der Waals surface area (Å²) < 4.78 is 19.0. The Morgan fingerprint density at radius 3 is 2.72 bits per heavy atom. The van der Waals surface area contributed by atoms with Crippen LogP contribution < -0.4 is 15.0 Å². The predicted molar refractivity (Wildman–Crippen MR) is 123 cm³/mol. The lowest BCUT2D eigenvalue weighted by molar-refractivity contribution is 0.0987. The van der Waals surface area contributed by atoms with Crippen LogP contribution in [0.5, 0.6) is 11.6 Å². The number of hydrogen-bond acceptors (Lipinski definition) is 5. The van der Waals surface area contributed by atoms with Crippen LogP contribution in [0.3, 0.4) is 0 Å². The second kappa shape index (κ2) is 9.89. The van der Waals surface area contributed by atoms with Crippen molar-refractivity contribution in [2.24, 2.45) is 0 Å². The number of carbonyl (C=O) groups is 1. The number of halogens is 1. The minimum atomic E-state index is -0.399. The van der Waals surface area contributed by atoms with Crippen molar-refractivity contribution in [2.75, 3.05) is 31.6 Å². The average molecular weight is 435 g/mol. The lowest BCUT2D eigenvalue weighted by Gasteiger charge is -2.31. The fourth-order valence-corrected chi connectivity index (χ4v) is 3.77. The summed E-state index contributed by atoms with van der Waals surface area (Å²) >= 11 is 0. The highest BCUT2D eigenvalue weighted by Gasteiger charge is 2.18. The molecule has 2 heterocycles. The summed E-state index contributed by atoms with van der Waals surface area (Å²) in [6.07, 6.45) is 0. The van der Waals surface area contributed by atoms with Gasteiger partial charge in [-0.3, -0.25) is 9.69 Å². The lowest BCUT2D eigenvalue weighted by Crippen LogP contribution is -2.48. The molecule has 1 atom stereocenters. The van der Waals surface area contributed by atoms with E-state index in [0.717, 1.165) is 31.9 Å². The Hall–Kier alpha value is -3.29. The molecule has 1 aliphatic heterocycles. The van der Waals surface area contributed by atoms with E-state index >= 15 is 0 Å². The van der Waals surface area contributed by atoms with E-state index in [9.17, 15) is 9.18 Å². The number of piperazine rings is 1. The number of nitrogens with zero attached hydrogens (tertiary/aromatic N) is 3. The first-order valence-electron chi connectivity index (χ1n) is 10.7. The SMILES string of the molecule is C[C@H]1CN(Cc2ccc(N(C)C(=O)c3cccc(Oc4cccc(F)c4)n3)cc2)CCN1. The molecule has 0 unspecified atom stereocenters. The van der Waals surface area contributed by atoms with E-state index in [1.165, 1.54) is 17.7 Å². The van der Waals surface area contributed by atoms with E-state index in [-0.39, 0.29) is 17.5 Å². The topological polar surface area (TPSA) is 57.7 Å². The summed E-state index contributed by atoms with van der Waals surface area (Å²) in [6, 6.07) is 19.3. The van der Waals surface area contributed by atoms with Crippen LogP contribution in [-0.4, -0.2) is 48.5 Å². The Morgan fingerprint density at radius 2 is 1.97 bits per heavy atom. The van der Waals surface area contributed by atoms with Crippen LogP contribution in [0.1, 0.15) is 23.0 Å². The molecule has 6 nitrogen and oxygen atoms in total. The van der Waals surface area contributed by atoms with Crippen LogP contribution in [0.4, 0.5) is 10.1 Å². The summed E-state index contributed by atoms with van der Waals surface area (Å²) in [6.45, 7) is 6.16. The molecule has 3 aromatic rings. The molecule has 1 N–H and O–H groups in total. The summed E-state index contributed by atoms with van der Waals surface area (Å²) in [5, 5.41) is 3.45. The van der Waals surface area contributed by atoms with E-state index in [2.05, 4.69) is 34.3 Å². The number of hydrogen-bond donors (Lipinski definition) is 1. The summed E-state index contributed by atoms with van der Waals surface area (Å²) in [5.74, 6) is -0.0943. The van der Waals surface area contributed by atoms with Gasteiger partial charge in [0.2, 0.25) is 5.88 Å². The zero-order chi connectivity index (χ0) is 22.5. The van der Waals surface area contributed by atoms with Crippen LogP contribution in [-0.2, 0) is 6.54 Å². The number of ether oxygens (including phenoxy) is 1. The second-order valence-corrected chi connectivity index (χ2v) is 8.04. The van der Waals surface area contributed by atoms with Crippen molar-refractivity contribution in [2.45, 2.75) is 19.5 Å². The monoisotopic (exact) mass is 434 g/mol. The molecular weight excluding hydrogens is 407 g/mol. The fraction of sp³-hybridized carbons (Fsp3) is 0.280. The lowest BCUT2D eigenvalue weighted by atomic mass is 10.1. The number of benzene rings is 2. The summed E-state index contributed by atoms with van der Waals surface area (Å²) in [7, 11) is 1.72. The number of rotatable bonds is 6. The number of anilines is 1. The number of carbonyl (C=O) groups excluding carboxylic acids is 1. The standard InChI is InChI=1S/C25H27FN4O2/c1-18-16-30(14-13-27-18)17-19-9-11-21(12-10-19)29(2)25(31)23-7-4-8-24(28-23)32-22-6-3-5-20(26)15-22/h3-12,15,18,27H,13-14,16-17H2,1-2H3/t18-/m0/s1. The first kappa shape index (κ1) is 21.9. The number of amides is 1. The molecule has 166 valence electrons. The van der Waals surface area contributed by atoms with Crippen molar-refractivity contribution in [3.05, 3.63) is 83.8 Å². The molecule has 0 spiro atoms. The van der Waals surface area contributed by atoms with Crippen molar-refractivity contribution < 1.29 is 13.9 Å². The minimum absolute atomic E-state index is 0.232. The molecule has 7 heteroatoms. The molecule has 0 bridgehead atoms. The van der Waals surface area contributed by atoms with Crippen LogP contribution in [0.2, 0.25) is 0 Å². The van der Waals surface area contributed by atoms with Gasteiger partial charge in [-0.1, -0.05) is 24.3 Å². The van der Waals surface area contributed by atoms with Gasteiger partial charge in [-0.2, -0.15) is 0 Å². The van der Waals surface area contributed by atoms with Crippen molar-refractivity contribution in [3.8, 4) is 11.6 Å². The van der Waals surface area contributed by atoms with Gasteiger partial charge in [0.15, 0.2) is 0 Å². The highest BCUT2D eigenvalue weighted by Crippen LogP contribution is 2.22. The van der Waals surface area contributed by atoms with Gasteiger partial charge in [-0.25, -0.2) is 9.37 Å². The van der Waals surface area contributed by atoms with Crippen LogP contribution in [0.25, 0.3) is 0 Å². The number of aromatic nitrogens is 1. The molecule has 32 heavy (non-hydrogen) atoms. The highest BCUT2D eigenvalue weighted by atomic mass is 19.1. The molecule has 1 aliphatic rings. The Balaban J connectivity index is 1.41. The third kappa shape index (κ3) is 5.49. The van der Waals surface area contributed by atoms with Crippen LogP contribution in [0, 0.1) is 5.82 Å². The zero-order valence-electron chi connectivity index (χ0n) is 18.3. The van der Waals surface area contributed by atoms with Gasteiger partial charge in [-0.15, -0.1) is 0 Å². The quantitative estimate of drug-likeness (QED) is 0.634. The van der Waals surface area contributed by atoms with E-state index in [1.54, 1.807) is 42.3 Å². The maximum absolute atomic E-state index is 13.4. The second-order valence-electron chi connectivity index (χ2n) is 8.04. The predicted octanol–water partition coefficient (Wildman–Crippen LogP) is 4.08. The summed E-state index contributed by atoms with van der Waals surface area (Å²) in [4.78, 5) is 21.3. The first-order valence-corrected chi connectivity index (χ1v) is 10.7. The van der Waals surface area contributed by atoms with Gasteiger partial charge in [0.05, 0.1) is 0 Å². The molecule has 0 radical (unpaired) electrons. The first-order chi connectivity index (χ1) is 15.5. The third-order valence-electron chi connectivity index (χ3n) is 5.45. The van der Waals surface area contributed by atoms with Crippen molar-refractivity contribution in [1.82, 2.24) is 15.2 Å². The molecule has 1 fully saturated rings. The van der Waals surface area contributed by atoms with Crippen LogP contribution in [0.15, 0.2) is 66.7 Å². The van der Waals surface area contributed by atoms with Gasteiger partial charge in [-0.05, 0) is 42.8 Å². The average Bonchev–Trinajstić information content (AvgIpc) is 2.79. The van der Waals surface area contributed by atoms with E-state index < -0.39 is 5.82 Å².